The lowest BCUT2D eigenvalue weighted by Gasteiger charge is -2.16. The van der Waals surface area contributed by atoms with E-state index in [9.17, 15) is 4.79 Å². The van der Waals surface area contributed by atoms with Crippen LogP contribution in [0.1, 0.15) is 52.9 Å². The first-order valence-corrected chi connectivity index (χ1v) is 10.8. The molecular weight excluding hydrogens is 348 g/mol. The first kappa shape index (κ1) is 20.5. The highest BCUT2D eigenvalue weighted by Crippen LogP contribution is 2.30. The van der Waals surface area contributed by atoms with E-state index in [0.29, 0.717) is 11.3 Å². The summed E-state index contributed by atoms with van der Waals surface area (Å²) < 4.78 is 7.47. The first-order chi connectivity index (χ1) is 11.1. The van der Waals surface area contributed by atoms with Crippen molar-refractivity contribution in [2.75, 3.05) is 11.5 Å². The van der Waals surface area contributed by atoms with Gasteiger partial charge in [-0.15, -0.1) is 10.2 Å². The van der Waals surface area contributed by atoms with Crippen LogP contribution in [0.4, 0.5) is 0 Å². The highest BCUT2D eigenvalue weighted by Gasteiger charge is 2.16. The maximum absolute atomic E-state index is 11.7. The van der Waals surface area contributed by atoms with Crippen LogP contribution < -0.4 is 0 Å². The van der Waals surface area contributed by atoms with Gasteiger partial charge in [0.25, 0.3) is 0 Å². The van der Waals surface area contributed by atoms with Crippen molar-refractivity contribution in [3.8, 4) is 0 Å². The van der Waals surface area contributed by atoms with Gasteiger partial charge in [-0.1, -0.05) is 74.5 Å². The molecule has 0 N–H and O–H groups in total. The van der Waals surface area contributed by atoms with Crippen LogP contribution in [0.5, 0.6) is 0 Å². The normalized spacial score (nSPS) is 12.1. The Kier molecular flexibility index (Phi) is 10.6. The van der Waals surface area contributed by atoms with Gasteiger partial charge in [-0.3, -0.25) is 0 Å². The SMILES string of the molecule is C=C(C)C(=O)OC(CCCC)CSc1nnc(SCCCC)s1. The summed E-state index contributed by atoms with van der Waals surface area (Å²) in [7, 11) is 0. The van der Waals surface area contributed by atoms with Gasteiger partial charge in [-0.05, 0) is 19.8 Å². The Balaban J connectivity index is 2.46. The molecule has 0 saturated heterocycles. The molecule has 130 valence electrons. The van der Waals surface area contributed by atoms with Crippen LogP contribution in [-0.4, -0.2) is 33.8 Å². The molecule has 0 bridgehead atoms. The van der Waals surface area contributed by atoms with Crippen molar-refractivity contribution in [3.63, 3.8) is 0 Å². The second-order valence-electron chi connectivity index (χ2n) is 5.30. The summed E-state index contributed by atoms with van der Waals surface area (Å²) in [6.45, 7) is 9.64. The molecule has 0 aliphatic heterocycles. The number of aromatic nitrogens is 2. The Morgan fingerprint density at radius 2 is 1.87 bits per heavy atom. The molecule has 0 saturated carbocycles. The van der Waals surface area contributed by atoms with E-state index in [-0.39, 0.29) is 12.1 Å². The van der Waals surface area contributed by atoms with Crippen molar-refractivity contribution in [1.82, 2.24) is 10.2 Å². The molecule has 1 unspecified atom stereocenters. The lowest BCUT2D eigenvalue weighted by Crippen LogP contribution is -2.21. The fourth-order valence-corrected chi connectivity index (χ4v) is 4.88. The van der Waals surface area contributed by atoms with Crippen molar-refractivity contribution in [2.24, 2.45) is 0 Å². The summed E-state index contributed by atoms with van der Waals surface area (Å²) in [4.78, 5) is 11.7. The Morgan fingerprint density at radius 1 is 1.22 bits per heavy atom. The van der Waals surface area contributed by atoms with Gasteiger partial charge in [0.05, 0.1) is 0 Å². The molecular formula is C16H26N2O2S3. The number of hydrogen-bond acceptors (Lipinski definition) is 7. The van der Waals surface area contributed by atoms with Gasteiger partial charge >= 0.3 is 5.97 Å². The van der Waals surface area contributed by atoms with E-state index < -0.39 is 0 Å². The van der Waals surface area contributed by atoms with Crippen LogP contribution in [0.15, 0.2) is 20.8 Å². The van der Waals surface area contributed by atoms with E-state index in [2.05, 4.69) is 30.6 Å². The predicted octanol–water partition coefficient (Wildman–Crippen LogP) is 5.20. The number of nitrogens with zero attached hydrogens (tertiary/aromatic N) is 2. The van der Waals surface area contributed by atoms with Crippen molar-refractivity contribution >= 4 is 40.8 Å². The predicted molar refractivity (Wildman–Crippen MR) is 100 cm³/mol. The summed E-state index contributed by atoms with van der Waals surface area (Å²) in [5.74, 6) is 1.50. The van der Waals surface area contributed by atoms with E-state index >= 15 is 0 Å². The smallest absolute Gasteiger partial charge is 0.333 e. The first-order valence-electron chi connectivity index (χ1n) is 8.02. The molecule has 7 heteroatoms. The van der Waals surface area contributed by atoms with Gasteiger partial charge in [-0.25, -0.2) is 4.79 Å². The number of carbonyl (C=O) groups is 1. The molecule has 1 atom stereocenters. The lowest BCUT2D eigenvalue weighted by molar-refractivity contribution is -0.143. The number of thioether (sulfide) groups is 2. The number of ether oxygens (including phenoxy) is 1. The Morgan fingerprint density at radius 3 is 2.48 bits per heavy atom. The second kappa shape index (κ2) is 11.9. The standard InChI is InChI=1S/C16H26N2O2S3/c1-5-7-9-13(20-14(19)12(3)4)11-22-16-18-17-15(23-16)21-10-8-6-2/h13H,3,5-11H2,1-2,4H3. The maximum atomic E-state index is 11.7. The fourth-order valence-electron chi connectivity index (χ4n) is 1.64. The topological polar surface area (TPSA) is 52.1 Å². The number of unbranched alkanes of at least 4 members (excludes halogenated alkanes) is 2. The van der Waals surface area contributed by atoms with Gasteiger partial charge in [-0.2, -0.15) is 0 Å². The number of carbonyl (C=O) groups excluding carboxylic acids is 1. The number of rotatable bonds is 12. The molecule has 4 nitrogen and oxygen atoms in total. The van der Waals surface area contributed by atoms with E-state index in [4.69, 9.17) is 4.74 Å². The Bertz CT molecular complexity index is 491. The molecule has 1 aromatic heterocycles. The summed E-state index contributed by atoms with van der Waals surface area (Å²) >= 11 is 5.00. The average Bonchev–Trinajstić information content (AvgIpc) is 2.97. The van der Waals surface area contributed by atoms with Crippen molar-refractivity contribution in [2.45, 2.75) is 67.7 Å². The van der Waals surface area contributed by atoms with E-state index in [1.165, 1.54) is 12.8 Å². The molecule has 0 fully saturated rings. The zero-order chi connectivity index (χ0) is 17.1. The maximum Gasteiger partial charge on any atom is 0.333 e. The van der Waals surface area contributed by atoms with Crippen molar-refractivity contribution in [1.29, 1.82) is 0 Å². The molecule has 1 aromatic rings. The fraction of sp³-hybridized carbons (Fsp3) is 0.688. The minimum atomic E-state index is -0.306. The van der Waals surface area contributed by atoms with E-state index in [1.54, 1.807) is 41.8 Å². The van der Waals surface area contributed by atoms with E-state index in [1.807, 2.05) is 0 Å². The summed E-state index contributed by atoms with van der Waals surface area (Å²) in [6.07, 6.45) is 5.30. The average molecular weight is 375 g/mol. The molecule has 0 radical (unpaired) electrons. The minimum Gasteiger partial charge on any atom is -0.458 e. The van der Waals surface area contributed by atoms with Crippen LogP contribution >= 0.6 is 34.9 Å². The van der Waals surface area contributed by atoms with Crippen molar-refractivity contribution < 1.29 is 9.53 Å². The van der Waals surface area contributed by atoms with Crippen LogP contribution in [0.25, 0.3) is 0 Å². The van der Waals surface area contributed by atoms with Gasteiger partial charge < -0.3 is 4.74 Å². The molecule has 0 aliphatic carbocycles. The van der Waals surface area contributed by atoms with E-state index in [0.717, 1.165) is 33.7 Å². The van der Waals surface area contributed by atoms with Crippen LogP contribution in [0, 0.1) is 0 Å². The largest absolute Gasteiger partial charge is 0.458 e. The van der Waals surface area contributed by atoms with Gasteiger partial charge in [0.1, 0.15) is 6.10 Å². The lowest BCUT2D eigenvalue weighted by atomic mass is 10.2. The molecule has 0 aliphatic rings. The number of esters is 1. The third-order valence-electron chi connectivity index (χ3n) is 3.01. The second-order valence-corrected chi connectivity index (χ2v) is 8.88. The molecule has 1 rings (SSSR count). The van der Waals surface area contributed by atoms with Gasteiger partial charge in [0.2, 0.25) is 0 Å². The van der Waals surface area contributed by atoms with Crippen LogP contribution in [0.2, 0.25) is 0 Å². The van der Waals surface area contributed by atoms with Gasteiger partial charge in [0.15, 0.2) is 8.68 Å². The third-order valence-corrected chi connectivity index (χ3v) is 6.41. The quantitative estimate of drug-likeness (QED) is 0.217. The molecule has 23 heavy (non-hydrogen) atoms. The zero-order valence-corrected chi connectivity index (χ0v) is 16.6. The zero-order valence-electron chi connectivity index (χ0n) is 14.2. The highest BCUT2D eigenvalue weighted by atomic mass is 32.2. The highest BCUT2D eigenvalue weighted by molar-refractivity contribution is 8.03. The molecule has 0 amide bonds. The molecule has 0 spiro atoms. The monoisotopic (exact) mass is 374 g/mol. The van der Waals surface area contributed by atoms with Crippen LogP contribution in [-0.2, 0) is 9.53 Å². The minimum absolute atomic E-state index is 0.0933. The molecule has 1 heterocycles. The Hall–Kier alpha value is -0.530. The van der Waals surface area contributed by atoms with Gasteiger partial charge in [0, 0.05) is 17.1 Å². The summed E-state index contributed by atoms with van der Waals surface area (Å²) in [6, 6.07) is 0. The Labute approximate surface area is 151 Å². The third kappa shape index (κ3) is 8.77. The van der Waals surface area contributed by atoms with Crippen LogP contribution in [0.3, 0.4) is 0 Å². The van der Waals surface area contributed by atoms with Crippen molar-refractivity contribution in [3.05, 3.63) is 12.2 Å². The summed E-state index contributed by atoms with van der Waals surface area (Å²) in [5.41, 5.74) is 0.446. The molecule has 0 aromatic carbocycles. The summed E-state index contributed by atoms with van der Waals surface area (Å²) in [5, 5.41) is 8.42. The number of hydrogen-bond donors (Lipinski definition) is 0.